The molecule has 0 radical (unpaired) electrons. The van der Waals surface area contributed by atoms with Crippen LogP contribution in [0.25, 0.3) is 0 Å². The van der Waals surface area contributed by atoms with E-state index in [1.165, 1.54) is 28.8 Å². The molecule has 2 heterocycles. The Labute approximate surface area is 261 Å². The predicted molar refractivity (Wildman–Crippen MR) is 159 cm³/mol. The number of alkyl halides is 3. The molecular weight excluding hydrogens is 639 g/mol. The average molecular weight is 672 g/mol. The van der Waals surface area contributed by atoms with Gasteiger partial charge in [0.1, 0.15) is 0 Å². The predicted octanol–water partition coefficient (Wildman–Crippen LogP) is 3.35. The van der Waals surface area contributed by atoms with Gasteiger partial charge in [-0.3, -0.25) is 9.59 Å². The van der Waals surface area contributed by atoms with E-state index in [1.807, 2.05) is 6.26 Å². The fraction of sp³-hybridized carbons (Fsp3) is 0.429. The normalized spacial score (nSPS) is 18.5. The van der Waals surface area contributed by atoms with Crippen molar-refractivity contribution in [1.29, 1.82) is 0 Å². The van der Waals surface area contributed by atoms with E-state index in [4.69, 9.17) is 0 Å². The van der Waals surface area contributed by atoms with Crippen LogP contribution >= 0.6 is 11.8 Å². The molecule has 0 bridgehead atoms. The third-order valence-corrected chi connectivity index (χ3v) is 10.2. The van der Waals surface area contributed by atoms with Gasteiger partial charge in [-0.2, -0.15) is 13.2 Å². The molecule has 45 heavy (non-hydrogen) atoms. The van der Waals surface area contributed by atoms with E-state index in [0.717, 1.165) is 28.3 Å². The lowest BCUT2D eigenvalue weighted by molar-refractivity contribution is -0.137. The molecule has 4 N–H and O–H groups in total. The minimum atomic E-state index is -4.78. The first kappa shape index (κ1) is 33.9. The van der Waals surface area contributed by atoms with Crippen molar-refractivity contribution in [2.24, 2.45) is 5.92 Å². The number of nitrogens with one attached hydrogen (secondary N) is 3. The highest BCUT2D eigenvalue weighted by Gasteiger charge is 2.36. The van der Waals surface area contributed by atoms with Crippen LogP contribution in [0.4, 0.5) is 28.4 Å². The number of sulfone groups is 1. The first-order valence-electron chi connectivity index (χ1n) is 13.9. The van der Waals surface area contributed by atoms with Crippen LogP contribution in [0.5, 0.6) is 0 Å². The molecule has 0 aliphatic carbocycles. The summed E-state index contributed by atoms with van der Waals surface area (Å²) in [5, 5.41) is 16.7. The van der Waals surface area contributed by atoms with Gasteiger partial charge in [0.25, 0.3) is 5.91 Å². The number of amides is 5. The number of rotatable bonds is 9. The molecule has 2 aromatic carbocycles. The molecule has 2 aliphatic heterocycles. The summed E-state index contributed by atoms with van der Waals surface area (Å²) in [4.78, 5) is 53.3. The number of benzene rings is 2. The summed E-state index contributed by atoms with van der Waals surface area (Å²) >= 11 is 1.44. The molecule has 2 aromatic rings. The zero-order valence-electron chi connectivity index (χ0n) is 24.1. The molecule has 4 rings (SSSR count). The van der Waals surface area contributed by atoms with E-state index < -0.39 is 69.6 Å². The van der Waals surface area contributed by atoms with Crippen LogP contribution < -0.4 is 16.0 Å². The smallest absolute Gasteiger partial charge is 0.416 e. The SMILES string of the molecule is CSc1ccc(S(=O)(=O)C[C@@H]2CCN(C(=O)O)CC2NC(=O)CNC(=O)c2cc(C(F)(F)F)ccc2NC(=O)N2CCC2)cc1. The molecule has 0 aromatic heterocycles. The molecule has 2 aliphatic rings. The van der Waals surface area contributed by atoms with E-state index in [-0.39, 0.29) is 35.8 Å². The van der Waals surface area contributed by atoms with E-state index in [9.17, 15) is 45.9 Å². The molecule has 0 saturated carbocycles. The first-order chi connectivity index (χ1) is 21.2. The molecule has 5 amide bonds. The fourth-order valence-electron chi connectivity index (χ4n) is 4.94. The number of halogens is 3. The second-order valence-electron chi connectivity index (χ2n) is 10.6. The maximum absolute atomic E-state index is 13.4. The summed E-state index contributed by atoms with van der Waals surface area (Å²) in [5.74, 6) is -2.93. The Morgan fingerprint density at radius 2 is 1.71 bits per heavy atom. The molecule has 17 heteroatoms. The second-order valence-corrected chi connectivity index (χ2v) is 13.5. The highest BCUT2D eigenvalue weighted by atomic mass is 32.2. The number of thioether (sulfide) groups is 1. The Kier molecular flexibility index (Phi) is 10.5. The van der Waals surface area contributed by atoms with Gasteiger partial charge in [0.05, 0.1) is 40.0 Å². The van der Waals surface area contributed by atoms with Crippen molar-refractivity contribution in [3.8, 4) is 0 Å². The number of carbonyl (C=O) groups excluding carboxylic acids is 3. The number of carbonyl (C=O) groups is 4. The van der Waals surface area contributed by atoms with Gasteiger partial charge in [-0.25, -0.2) is 18.0 Å². The quantitative estimate of drug-likeness (QED) is 0.295. The van der Waals surface area contributed by atoms with Crippen molar-refractivity contribution in [2.75, 3.05) is 50.0 Å². The number of hydrogen-bond donors (Lipinski definition) is 4. The maximum Gasteiger partial charge on any atom is 0.416 e. The van der Waals surface area contributed by atoms with Crippen molar-refractivity contribution < 1.29 is 45.9 Å². The van der Waals surface area contributed by atoms with Crippen LogP contribution in [0, 0.1) is 5.92 Å². The molecule has 12 nitrogen and oxygen atoms in total. The van der Waals surface area contributed by atoms with Gasteiger partial charge in [0.15, 0.2) is 9.84 Å². The van der Waals surface area contributed by atoms with Gasteiger partial charge >= 0.3 is 18.3 Å². The van der Waals surface area contributed by atoms with Crippen LogP contribution in [0.15, 0.2) is 52.3 Å². The number of urea groups is 1. The van der Waals surface area contributed by atoms with Crippen LogP contribution in [0.2, 0.25) is 0 Å². The van der Waals surface area contributed by atoms with Gasteiger partial charge < -0.3 is 30.9 Å². The third kappa shape index (κ3) is 8.59. The average Bonchev–Trinajstić information content (AvgIpc) is 2.95. The van der Waals surface area contributed by atoms with Crippen molar-refractivity contribution in [2.45, 2.75) is 34.9 Å². The Balaban J connectivity index is 1.45. The summed E-state index contributed by atoms with van der Waals surface area (Å²) in [7, 11) is -3.81. The third-order valence-electron chi connectivity index (χ3n) is 7.61. The Morgan fingerprint density at radius 1 is 1.02 bits per heavy atom. The van der Waals surface area contributed by atoms with Gasteiger partial charge in [-0.05, 0) is 67.5 Å². The lowest BCUT2D eigenvalue weighted by atomic mass is 9.93. The van der Waals surface area contributed by atoms with E-state index in [1.54, 1.807) is 12.1 Å². The van der Waals surface area contributed by atoms with Crippen molar-refractivity contribution in [1.82, 2.24) is 20.4 Å². The fourth-order valence-corrected chi connectivity index (χ4v) is 7.06. The molecule has 2 atom stereocenters. The minimum absolute atomic E-state index is 0.0471. The van der Waals surface area contributed by atoms with Crippen molar-refractivity contribution in [3.05, 3.63) is 53.6 Å². The van der Waals surface area contributed by atoms with Gasteiger partial charge in [0, 0.05) is 31.1 Å². The number of carboxylic acid groups (broad SMARTS) is 1. The lowest BCUT2D eigenvalue weighted by Gasteiger charge is -2.37. The minimum Gasteiger partial charge on any atom is -0.465 e. The summed E-state index contributed by atoms with van der Waals surface area (Å²) in [6.45, 7) is 0.0443. The summed E-state index contributed by atoms with van der Waals surface area (Å²) < 4.78 is 66.5. The van der Waals surface area contributed by atoms with Gasteiger partial charge in [-0.1, -0.05) is 0 Å². The van der Waals surface area contributed by atoms with E-state index in [2.05, 4.69) is 16.0 Å². The molecule has 244 valence electrons. The Bertz CT molecular complexity index is 1550. The zero-order valence-corrected chi connectivity index (χ0v) is 25.7. The summed E-state index contributed by atoms with van der Waals surface area (Å²) in [6, 6.07) is 7.01. The topological polar surface area (TPSA) is 165 Å². The zero-order chi connectivity index (χ0) is 32.9. The highest BCUT2D eigenvalue weighted by Crippen LogP contribution is 2.32. The van der Waals surface area contributed by atoms with E-state index >= 15 is 0 Å². The molecule has 2 fully saturated rings. The van der Waals surface area contributed by atoms with Crippen LogP contribution in [-0.2, 0) is 20.8 Å². The molecular formula is C28H32F3N5O7S2. The number of nitrogens with zero attached hydrogens (tertiary/aromatic N) is 2. The van der Waals surface area contributed by atoms with Crippen LogP contribution in [0.3, 0.4) is 0 Å². The number of likely N-dealkylation sites (tertiary alicyclic amines) is 2. The van der Waals surface area contributed by atoms with Gasteiger partial charge in [-0.15, -0.1) is 11.8 Å². The monoisotopic (exact) mass is 671 g/mol. The van der Waals surface area contributed by atoms with Gasteiger partial charge in [0.2, 0.25) is 5.91 Å². The number of hydrogen-bond acceptors (Lipinski definition) is 7. The van der Waals surface area contributed by atoms with Crippen LogP contribution in [0.1, 0.15) is 28.8 Å². The number of piperidine rings is 1. The largest absolute Gasteiger partial charge is 0.465 e. The van der Waals surface area contributed by atoms with Crippen molar-refractivity contribution >= 4 is 51.2 Å². The first-order valence-corrected chi connectivity index (χ1v) is 16.7. The molecule has 0 spiro atoms. The standard InChI is InChI=1S/C28H32F3N5O7S2/c1-44-19-4-6-20(7-5-19)45(42,43)16-17-9-12-36(27(40)41)15-23(17)33-24(37)14-32-25(38)21-13-18(28(29,30)31)3-8-22(21)34-26(39)35-10-2-11-35/h3-8,13,17,23H,2,9-12,14-16H2,1H3,(H,32,38)(H,33,37)(H,34,39)(H,40,41)/t17-,23?/m0/s1. The summed E-state index contributed by atoms with van der Waals surface area (Å²) in [6.07, 6.45) is -3.29. The van der Waals surface area contributed by atoms with Crippen molar-refractivity contribution in [3.63, 3.8) is 0 Å². The summed E-state index contributed by atoms with van der Waals surface area (Å²) in [5.41, 5.74) is -1.84. The maximum atomic E-state index is 13.4. The molecule has 1 unspecified atom stereocenters. The number of anilines is 1. The lowest BCUT2D eigenvalue weighted by Crippen LogP contribution is -2.56. The molecule has 2 saturated heterocycles. The van der Waals surface area contributed by atoms with Crippen LogP contribution in [-0.4, -0.2) is 98.0 Å². The highest BCUT2D eigenvalue weighted by molar-refractivity contribution is 7.98. The second kappa shape index (κ2) is 14.0. The Hall–Kier alpha value is -3.99. The Morgan fingerprint density at radius 3 is 2.29 bits per heavy atom. The van der Waals surface area contributed by atoms with E-state index in [0.29, 0.717) is 19.2 Å².